The first-order chi connectivity index (χ1) is 12.5. The molecular formula is C21H25BrN2O2. The molecule has 1 N–H and O–H groups in total. The van der Waals surface area contributed by atoms with Crippen molar-refractivity contribution in [2.45, 2.75) is 18.4 Å². The molecule has 0 aliphatic heterocycles. The van der Waals surface area contributed by atoms with Crippen molar-refractivity contribution >= 4 is 21.8 Å². The fourth-order valence-corrected chi connectivity index (χ4v) is 3.85. The zero-order valence-electron chi connectivity index (χ0n) is 15.4. The molecule has 1 saturated carbocycles. The standard InChI is InChI=1S/C21H25BrN2O2/c1-24(2)19(16-9-4-5-10-20(16)26-3)13-23-21(25)18-12-17(18)14-7-6-8-15(22)11-14/h4-11,17-19H,12-13H2,1-3H3,(H,23,25). The van der Waals surface area contributed by atoms with Crippen LogP contribution in [-0.4, -0.2) is 38.6 Å². The summed E-state index contributed by atoms with van der Waals surface area (Å²) in [4.78, 5) is 14.7. The second-order valence-electron chi connectivity index (χ2n) is 6.97. The predicted octanol–water partition coefficient (Wildman–Crippen LogP) is 3.98. The number of nitrogens with one attached hydrogen (secondary N) is 1. The first-order valence-corrected chi connectivity index (χ1v) is 9.63. The summed E-state index contributed by atoms with van der Waals surface area (Å²) < 4.78 is 6.55. The second kappa shape index (κ2) is 8.23. The van der Waals surface area contributed by atoms with E-state index in [1.54, 1.807) is 7.11 Å². The van der Waals surface area contributed by atoms with Crippen molar-refractivity contribution < 1.29 is 9.53 Å². The van der Waals surface area contributed by atoms with Crippen molar-refractivity contribution in [3.8, 4) is 5.75 Å². The average Bonchev–Trinajstić information content (AvgIpc) is 3.43. The molecule has 0 bridgehead atoms. The molecule has 2 aromatic rings. The number of hydrogen-bond acceptors (Lipinski definition) is 3. The van der Waals surface area contributed by atoms with Crippen molar-refractivity contribution in [3.05, 3.63) is 64.1 Å². The van der Waals surface area contributed by atoms with Gasteiger partial charge in [-0.2, -0.15) is 0 Å². The van der Waals surface area contributed by atoms with Gasteiger partial charge in [0, 0.05) is 22.5 Å². The Kier molecular flexibility index (Phi) is 5.99. The maximum Gasteiger partial charge on any atom is 0.223 e. The first-order valence-electron chi connectivity index (χ1n) is 8.83. The zero-order chi connectivity index (χ0) is 18.7. The van der Waals surface area contributed by atoms with E-state index in [0.717, 1.165) is 22.2 Å². The molecule has 0 saturated heterocycles. The summed E-state index contributed by atoms with van der Waals surface area (Å²) in [6.07, 6.45) is 0.920. The molecule has 2 aromatic carbocycles. The maximum absolute atomic E-state index is 12.6. The largest absolute Gasteiger partial charge is 0.496 e. The van der Waals surface area contributed by atoms with Crippen LogP contribution in [0.1, 0.15) is 29.5 Å². The molecule has 1 fully saturated rings. The van der Waals surface area contributed by atoms with Gasteiger partial charge in [-0.15, -0.1) is 0 Å². The number of halogens is 1. The summed E-state index contributed by atoms with van der Waals surface area (Å²) in [5, 5.41) is 3.14. The molecular weight excluding hydrogens is 392 g/mol. The van der Waals surface area contributed by atoms with Gasteiger partial charge in [0.15, 0.2) is 0 Å². The summed E-state index contributed by atoms with van der Waals surface area (Å²) in [6.45, 7) is 0.563. The van der Waals surface area contributed by atoms with Crippen LogP contribution in [0.5, 0.6) is 5.75 Å². The predicted molar refractivity (Wildman–Crippen MR) is 107 cm³/mol. The molecule has 0 heterocycles. The smallest absolute Gasteiger partial charge is 0.223 e. The molecule has 1 aliphatic rings. The minimum absolute atomic E-state index is 0.0677. The molecule has 0 radical (unpaired) electrons. The van der Waals surface area contributed by atoms with Gasteiger partial charge in [-0.05, 0) is 50.2 Å². The van der Waals surface area contributed by atoms with Gasteiger partial charge in [0.2, 0.25) is 5.91 Å². The summed E-state index contributed by atoms with van der Waals surface area (Å²) in [5.41, 5.74) is 2.31. The van der Waals surface area contributed by atoms with Crippen molar-refractivity contribution in [1.29, 1.82) is 0 Å². The van der Waals surface area contributed by atoms with Gasteiger partial charge in [0.1, 0.15) is 5.75 Å². The number of carbonyl (C=O) groups excluding carboxylic acids is 1. The van der Waals surface area contributed by atoms with E-state index < -0.39 is 0 Å². The van der Waals surface area contributed by atoms with Gasteiger partial charge in [-0.25, -0.2) is 0 Å². The third kappa shape index (κ3) is 4.27. The van der Waals surface area contributed by atoms with E-state index >= 15 is 0 Å². The summed E-state index contributed by atoms with van der Waals surface area (Å²) in [5.74, 6) is 1.39. The minimum atomic E-state index is 0.0677. The Morgan fingerprint density at radius 1 is 1.27 bits per heavy atom. The van der Waals surface area contributed by atoms with Crippen molar-refractivity contribution in [3.63, 3.8) is 0 Å². The molecule has 1 amide bonds. The fraction of sp³-hybridized carbons (Fsp3) is 0.381. The van der Waals surface area contributed by atoms with Gasteiger partial charge in [0.05, 0.1) is 13.2 Å². The molecule has 3 rings (SSSR count). The highest BCUT2D eigenvalue weighted by Crippen LogP contribution is 2.48. The number of nitrogens with zero attached hydrogens (tertiary/aromatic N) is 1. The fourth-order valence-electron chi connectivity index (χ4n) is 3.43. The average molecular weight is 417 g/mol. The molecule has 138 valence electrons. The highest BCUT2D eigenvalue weighted by atomic mass is 79.9. The van der Waals surface area contributed by atoms with Crippen LogP contribution in [0, 0.1) is 5.92 Å². The van der Waals surface area contributed by atoms with Crippen LogP contribution >= 0.6 is 15.9 Å². The lowest BCUT2D eigenvalue weighted by atomic mass is 10.0. The van der Waals surface area contributed by atoms with Gasteiger partial charge in [-0.1, -0.05) is 46.3 Å². The number of rotatable bonds is 7. The topological polar surface area (TPSA) is 41.6 Å². The van der Waals surface area contributed by atoms with Crippen LogP contribution < -0.4 is 10.1 Å². The van der Waals surface area contributed by atoms with E-state index in [1.807, 2.05) is 44.4 Å². The Morgan fingerprint density at radius 3 is 2.73 bits per heavy atom. The Hall–Kier alpha value is -1.85. The molecule has 3 unspecified atom stereocenters. The van der Waals surface area contributed by atoms with Crippen LogP contribution in [0.4, 0.5) is 0 Å². The van der Waals surface area contributed by atoms with Gasteiger partial charge in [-0.3, -0.25) is 4.79 Å². The van der Waals surface area contributed by atoms with Crippen molar-refractivity contribution in [2.24, 2.45) is 5.92 Å². The second-order valence-corrected chi connectivity index (χ2v) is 7.89. The summed E-state index contributed by atoms with van der Waals surface area (Å²) >= 11 is 3.50. The third-order valence-electron chi connectivity index (χ3n) is 4.99. The lowest BCUT2D eigenvalue weighted by Gasteiger charge is -2.26. The zero-order valence-corrected chi connectivity index (χ0v) is 17.0. The van der Waals surface area contributed by atoms with E-state index in [-0.39, 0.29) is 17.9 Å². The Morgan fingerprint density at radius 2 is 2.04 bits per heavy atom. The monoisotopic (exact) mass is 416 g/mol. The molecule has 1 aliphatic carbocycles. The Balaban J connectivity index is 1.63. The molecule has 3 atom stereocenters. The van der Waals surface area contributed by atoms with Gasteiger partial charge >= 0.3 is 0 Å². The SMILES string of the molecule is COc1ccccc1C(CNC(=O)C1CC1c1cccc(Br)c1)N(C)C. The number of methoxy groups -OCH3 is 1. The van der Waals surface area contributed by atoms with Crippen LogP contribution in [0.3, 0.4) is 0 Å². The molecule has 0 aromatic heterocycles. The minimum Gasteiger partial charge on any atom is -0.496 e. The summed E-state index contributed by atoms with van der Waals surface area (Å²) in [6, 6.07) is 16.3. The summed E-state index contributed by atoms with van der Waals surface area (Å²) in [7, 11) is 5.71. The van der Waals surface area contributed by atoms with Crippen LogP contribution in [0.15, 0.2) is 53.0 Å². The van der Waals surface area contributed by atoms with Gasteiger partial charge < -0.3 is 15.0 Å². The molecule has 0 spiro atoms. The van der Waals surface area contributed by atoms with Crippen LogP contribution in [-0.2, 0) is 4.79 Å². The number of carbonyl (C=O) groups is 1. The Labute approximate surface area is 163 Å². The Bertz CT molecular complexity index is 778. The third-order valence-corrected chi connectivity index (χ3v) is 5.49. The highest BCUT2D eigenvalue weighted by molar-refractivity contribution is 9.10. The number of hydrogen-bond donors (Lipinski definition) is 1. The molecule has 5 heteroatoms. The van der Waals surface area contributed by atoms with E-state index in [1.165, 1.54) is 5.56 Å². The van der Waals surface area contributed by atoms with Crippen LogP contribution in [0.25, 0.3) is 0 Å². The highest BCUT2D eigenvalue weighted by Gasteiger charge is 2.44. The number of ether oxygens (including phenoxy) is 1. The van der Waals surface area contributed by atoms with E-state index in [9.17, 15) is 4.79 Å². The number of para-hydroxylation sites is 1. The molecule has 4 nitrogen and oxygen atoms in total. The van der Waals surface area contributed by atoms with Crippen molar-refractivity contribution in [2.75, 3.05) is 27.7 Å². The number of benzene rings is 2. The van der Waals surface area contributed by atoms with E-state index in [4.69, 9.17) is 4.74 Å². The van der Waals surface area contributed by atoms with Gasteiger partial charge in [0.25, 0.3) is 0 Å². The lowest BCUT2D eigenvalue weighted by Crippen LogP contribution is -2.35. The van der Waals surface area contributed by atoms with E-state index in [0.29, 0.717) is 12.5 Å². The van der Waals surface area contributed by atoms with Crippen LogP contribution in [0.2, 0.25) is 0 Å². The molecule has 26 heavy (non-hydrogen) atoms. The maximum atomic E-state index is 12.6. The van der Waals surface area contributed by atoms with Crippen molar-refractivity contribution in [1.82, 2.24) is 10.2 Å². The number of amides is 1. The first kappa shape index (κ1) is 18.9. The quantitative estimate of drug-likeness (QED) is 0.741. The lowest BCUT2D eigenvalue weighted by molar-refractivity contribution is -0.122. The van der Waals surface area contributed by atoms with E-state index in [2.05, 4.69) is 44.3 Å². The normalized spacial score (nSPS) is 19.9. The number of likely N-dealkylation sites (N-methyl/N-ethyl adjacent to an activating group) is 1.